The molecular weight excluding hydrogens is 259 g/mol. The molecule has 2 N–H and O–H groups in total. The summed E-state index contributed by atoms with van der Waals surface area (Å²) in [6.45, 7) is 3.18. The Morgan fingerprint density at radius 3 is 2.56 bits per heavy atom. The molecule has 0 unspecified atom stereocenters. The first-order chi connectivity index (χ1) is 8.17. The third-order valence-corrected chi connectivity index (χ3v) is 4.80. The zero-order chi connectivity index (χ0) is 14.0. The van der Waals surface area contributed by atoms with Crippen molar-refractivity contribution in [2.45, 2.75) is 18.6 Å². The summed E-state index contributed by atoms with van der Waals surface area (Å²) in [7, 11) is -1.64. The van der Waals surface area contributed by atoms with Crippen molar-refractivity contribution >= 4 is 21.6 Å². The normalized spacial score (nSPS) is 12.3. The van der Waals surface area contributed by atoms with E-state index in [1.165, 1.54) is 0 Å². The van der Waals surface area contributed by atoms with E-state index in [4.69, 9.17) is 0 Å². The van der Waals surface area contributed by atoms with Crippen LogP contribution in [0.15, 0.2) is 6.20 Å². The van der Waals surface area contributed by atoms with Crippen molar-refractivity contribution in [2.75, 3.05) is 30.5 Å². The Balaban J connectivity index is 2.87. The maximum atomic E-state index is 13.4. The molecule has 0 fully saturated rings. The second-order valence-corrected chi connectivity index (χ2v) is 7.18. The number of rotatable bonds is 5. The van der Waals surface area contributed by atoms with Crippen molar-refractivity contribution in [1.82, 2.24) is 9.97 Å². The fourth-order valence-corrected chi connectivity index (χ4v) is 1.37. The van der Waals surface area contributed by atoms with Crippen molar-refractivity contribution in [3.63, 3.8) is 0 Å². The Labute approximate surface area is 106 Å². The first-order valence-electron chi connectivity index (χ1n) is 5.31. The minimum atomic E-state index is -3.25. The van der Waals surface area contributed by atoms with Crippen LogP contribution in [0.3, 0.4) is 0 Å². The van der Waals surface area contributed by atoms with Crippen LogP contribution >= 0.6 is 0 Å². The van der Waals surface area contributed by atoms with Gasteiger partial charge in [-0.05, 0) is 13.8 Å². The van der Waals surface area contributed by atoms with Gasteiger partial charge in [0, 0.05) is 19.8 Å². The highest BCUT2D eigenvalue weighted by molar-refractivity contribution is 7.92. The third-order valence-electron chi connectivity index (χ3n) is 2.65. The molecule has 6 nitrogen and oxygen atoms in total. The lowest BCUT2D eigenvalue weighted by molar-refractivity contribution is 0.557. The van der Waals surface area contributed by atoms with Gasteiger partial charge in [0.15, 0.2) is 21.5 Å². The van der Waals surface area contributed by atoms with Crippen LogP contribution in [-0.4, -0.2) is 43.0 Å². The van der Waals surface area contributed by atoms with E-state index >= 15 is 0 Å². The third kappa shape index (κ3) is 3.28. The second-order valence-electron chi connectivity index (χ2n) is 4.53. The number of hydrogen-bond acceptors (Lipinski definition) is 6. The second kappa shape index (κ2) is 5.05. The van der Waals surface area contributed by atoms with Crippen LogP contribution in [-0.2, 0) is 9.84 Å². The first kappa shape index (κ1) is 14.6. The average molecular weight is 276 g/mol. The van der Waals surface area contributed by atoms with Crippen LogP contribution in [0.5, 0.6) is 0 Å². The van der Waals surface area contributed by atoms with Gasteiger partial charge in [-0.1, -0.05) is 0 Å². The Bertz CT molecular complexity index is 531. The summed E-state index contributed by atoms with van der Waals surface area (Å²) >= 11 is 0. The first-order valence-corrected chi connectivity index (χ1v) is 7.20. The molecule has 8 heteroatoms. The molecule has 1 aromatic rings. The minimum absolute atomic E-state index is 0.0222. The summed E-state index contributed by atoms with van der Waals surface area (Å²) in [6, 6.07) is 0. The van der Waals surface area contributed by atoms with Crippen molar-refractivity contribution < 1.29 is 12.8 Å². The summed E-state index contributed by atoms with van der Waals surface area (Å²) in [5.74, 6) is -0.388. The van der Waals surface area contributed by atoms with Crippen LogP contribution in [0.4, 0.5) is 16.2 Å². The zero-order valence-corrected chi connectivity index (χ0v) is 11.6. The lowest BCUT2D eigenvalue weighted by Crippen LogP contribution is -2.38. The molecule has 0 aliphatic heterocycles. The van der Waals surface area contributed by atoms with E-state index in [9.17, 15) is 12.8 Å². The molecule has 0 amide bonds. The Morgan fingerprint density at radius 2 is 2.06 bits per heavy atom. The summed E-state index contributed by atoms with van der Waals surface area (Å²) in [5, 5.41) is 5.36. The largest absolute Gasteiger partial charge is 0.366 e. The van der Waals surface area contributed by atoms with Crippen LogP contribution in [0, 0.1) is 5.82 Å². The van der Waals surface area contributed by atoms with Crippen LogP contribution < -0.4 is 10.6 Å². The standard InChI is InChI=1S/C10H17FN4O2S/c1-10(2,18(4,16)17)6-14-8-7(11)5-13-9(12-3)15-8/h5H,6H2,1-4H3,(H2,12,13,14,15). The molecule has 0 aliphatic carbocycles. The van der Waals surface area contributed by atoms with Gasteiger partial charge in [-0.15, -0.1) is 0 Å². The monoisotopic (exact) mass is 276 g/mol. The van der Waals surface area contributed by atoms with Crippen LogP contribution in [0.25, 0.3) is 0 Å². The lowest BCUT2D eigenvalue weighted by atomic mass is 10.2. The number of hydrogen-bond donors (Lipinski definition) is 2. The van der Waals surface area contributed by atoms with Crippen LogP contribution in [0.1, 0.15) is 13.8 Å². The van der Waals surface area contributed by atoms with Gasteiger partial charge >= 0.3 is 0 Å². The Hall–Kier alpha value is -1.44. The maximum absolute atomic E-state index is 13.4. The van der Waals surface area contributed by atoms with Gasteiger partial charge in [-0.2, -0.15) is 4.98 Å². The van der Waals surface area contributed by atoms with E-state index in [0.717, 1.165) is 12.5 Å². The molecule has 0 radical (unpaired) electrons. The lowest BCUT2D eigenvalue weighted by Gasteiger charge is -2.23. The van der Waals surface area contributed by atoms with E-state index in [2.05, 4.69) is 20.6 Å². The fraction of sp³-hybridized carbons (Fsp3) is 0.600. The zero-order valence-electron chi connectivity index (χ0n) is 10.8. The van der Waals surface area contributed by atoms with Crippen LogP contribution in [0.2, 0.25) is 0 Å². The smallest absolute Gasteiger partial charge is 0.224 e. The Kier molecular flexibility index (Phi) is 4.10. The van der Waals surface area contributed by atoms with Gasteiger partial charge < -0.3 is 10.6 Å². The van der Waals surface area contributed by atoms with Gasteiger partial charge in [-0.25, -0.2) is 17.8 Å². The highest BCUT2D eigenvalue weighted by Crippen LogP contribution is 2.18. The van der Waals surface area contributed by atoms with Gasteiger partial charge in [0.05, 0.1) is 10.9 Å². The average Bonchev–Trinajstić information content (AvgIpc) is 2.26. The molecule has 18 heavy (non-hydrogen) atoms. The molecule has 0 aromatic carbocycles. The SMILES string of the molecule is CNc1ncc(F)c(NCC(C)(C)S(C)(=O)=O)n1. The number of nitrogens with zero attached hydrogens (tertiary/aromatic N) is 2. The number of halogens is 1. The number of aromatic nitrogens is 2. The predicted molar refractivity (Wildman–Crippen MR) is 68.9 cm³/mol. The minimum Gasteiger partial charge on any atom is -0.366 e. The molecule has 0 saturated heterocycles. The fourth-order valence-electron chi connectivity index (χ4n) is 1.04. The molecule has 102 valence electrons. The summed E-state index contributed by atoms with van der Waals surface area (Å²) in [4.78, 5) is 7.57. The van der Waals surface area contributed by atoms with Gasteiger partial charge in [0.1, 0.15) is 0 Å². The van der Waals surface area contributed by atoms with E-state index in [1.807, 2.05) is 0 Å². The molecule has 1 rings (SSSR count). The molecule has 0 bridgehead atoms. The Morgan fingerprint density at radius 1 is 1.44 bits per heavy atom. The van der Waals surface area contributed by atoms with Crippen molar-refractivity contribution in [3.8, 4) is 0 Å². The van der Waals surface area contributed by atoms with Gasteiger partial charge in [-0.3, -0.25) is 0 Å². The summed E-state index contributed by atoms with van der Waals surface area (Å²) in [6.07, 6.45) is 2.17. The molecule has 0 saturated carbocycles. The number of sulfone groups is 1. The highest BCUT2D eigenvalue weighted by Gasteiger charge is 2.30. The van der Waals surface area contributed by atoms with Crippen molar-refractivity contribution in [2.24, 2.45) is 0 Å². The quantitative estimate of drug-likeness (QED) is 0.831. The maximum Gasteiger partial charge on any atom is 0.224 e. The number of anilines is 2. The van der Waals surface area contributed by atoms with Crippen molar-refractivity contribution in [1.29, 1.82) is 0 Å². The predicted octanol–water partition coefficient (Wildman–Crippen LogP) is 0.892. The summed E-state index contributed by atoms with van der Waals surface area (Å²) in [5.41, 5.74) is 0. The highest BCUT2D eigenvalue weighted by atomic mass is 32.2. The van der Waals surface area contributed by atoms with E-state index < -0.39 is 20.4 Å². The molecular formula is C10H17FN4O2S. The molecule has 1 aromatic heterocycles. The van der Waals surface area contributed by atoms with E-state index in [0.29, 0.717) is 0 Å². The molecule has 0 spiro atoms. The van der Waals surface area contributed by atoms with Crippen molar-refractivity contribution in [3.05, 3.63) is 12.0 Å². The topological polar surface area (TPSA) is 84.0 Å². The molecule has 0 atom stereocenters. The number of nitrogens with one attached hydrogen (secondary N) is 2. The molecule has 0 aliphatic rings. The van der Waals surface area contributed by atoms with E-state index in [1.54, 1.807) is 20.9 Å². The van der Waals surface area contributed by atoms with Gasteiger partial charge in [0.25, 0.3) is 0 Å². The molecule has 1 heterocycles. The van der Waals surface area contributed by atoms with E-state index in [-0.39, 0.29) is 18.3 Å². The summed E-state index contributed by atoms with van der Waals surface area (Å²) < 4.78 is 35.4. The van der Waals surface area contributed by atoms with Gasteiger partial charge in [0.2, 0.25) is 5.95 Å².